The van der Waals surface area contributed by atoms with Gasteiger partial charge in [-0.1, -0.05) is 20.4 Å². The van der Waals surface area contributed by atoms with Crippen LogP contribution in [0.2, 0.25) is 0 Å². The number of nitrogens with one attached hydrogen (secondary N) is 2. The van der Waals surface area contributed by atoms with E-state index in [-0.39, 0.29) is 35.0 Å². The van der Waals surface area contributed by atoms with E-state index in [1.165, 1.54) is 12.3 Å². The predicted octanol–water partition coefficient (Wildman–Crippen LogP) is 5.83. The van der Waals surface area contributed by atoms with E-state index < -0.39 is 5.97 Å². The van der Waals surface area contributed by atoms with Crippen LogP contribution >= 0.6 is 0 Å². The molecule has 0 unspecified atom stereocenters. The third-order valence-electron chi connectivity index (χ3n) is 7.53. The molecule has 0 fully saturated rings. The van der Waals surface area contributed by atoms with Crippen molar-refractivity contribution in [3.8, 4) is 5.75 Å². The minimum absolute atomic E-state index is 0.145. The third-order valence-corrected chi connectivity index (χ3v) is 7.53. The maximum atomic E-state index is 13.3. The van der Waals surface area contributed by atoms with Gasteiger partial charge in [-0.15, -0.1) is 0 Å². The molecule has 2 aromatic heterocycles. The van der Waals surface area contributed by atoms with E-state index in [4.69, 9.17) is 19.4 Å². The minimum atomic E-state index is -0.517. The lowest BCUT2D eigenvalue weighted by Crippen LogP contribution is -2.29. The summed E-state index contributed by atoms with van der Waals surface area (Å²) in [5.74, 6) is 0.315. The van der Waals surface area contributed by atoms with Crippen LogP contribution in [-0.4, -0.2) is 84.7 Å². The lowest BCUT2D eigenvalue weighted by molar-refractivity contribution is -0.111. The Morgan fingerprint density at radius 1 is 1.06 bits per heavy atom. The standard InChI is InChI=1S/C35H48N8O4/c1-12-30(44)38-25-17-26(29(46-21(2)3)18-28(25)42(11)16-15-41(9)10)39-34-36-19-24(33(45)47-22(4)5)32(40-34)43-20-35(7,8)31-27(43)14-13-23(6)37-31/h12-14,17-19,21-22H,1,15-16,20H2,2-11H3,(H,38,44)(H,36,39,40). The molecule has 12 nitrogen and oxygen atoms in total. The van der Waals surface area contributed by atoms with E-state index in [1.54, 1.807) is 19.9 Å². The molecule has 0 spiro atoms. The number of amides is 1. The Morgan fingerprint density at radius 2 is 1.79 bits per heavy atom. The third kappa shape index (κ3) is 8.37. The van der Waals surface area contributed by atoms with Crippen molar-refractivity contribution in [2.24, 2.45) is 0 Å². The number of anilines is 6. The van der Waals surface area contributed by atoms with Crippen LogP contribution in [0.4, 0.5) is 34.5 Å². The number of ether oxygens (including phenoxy) is 2. The topological polar surface area (TPSA) is 125 Å². The highest BCUT2D eigenvalue weighted by atomic mass is 16.5. The second-order valence-corrected chi connectivity index (χ2v) is 13.3. The van der Waals surface area contributed by atoms with Crippen LogP contribution < -0.4 is 25.2 Å². The number of aryl methyl sites for hydroxylation is 1. The number of hydrogen-bond acceptors (Lipinski definition) is 11. The molecular formula is C35H48N8O4. The van der Waals surface area contributed by atoms with Crippen molar-refractivity contribution in [3.05, 3.63) is 60.1 Å². The Bertz CT molecular complexity index is 1640. The van der Waals surface area contributed by atoms with Crippen LogP contribution in [0, 0.1) is 6.92 Å². The fraction of sp³-hybridized carbons (Fsp3) is 0.457. The molecule has 3 aromatic rings. The number of pyridine rings is 1. The first-order valence-electron chi connectivity index (χ1n) is 15.8. The number of nitrogens with zero attached hydrogens (tertiary/aromatic N) is 6. The van der Waals surface area contributed by atoms with Gasteiger partial charge >= 0.3 is 5.97 Å². The second-order valence-electron chi connectivity index (χ2n) is 13.3. The van der Waals surface area contributed by atoms with Gasteiger partial charge in [0.25, 0.3) is 0 Å². The fourth-order valence-electron chi connectivity index (χ4n) is 5.28. The maximum absolute atomic E-state index is 13.3. The van der Waals surface area contributed by atoms with Gasteiger partial charge < -0.3 is 34.8 Å². The van der Waals surface area contributed by atoms with Crippen molar-refractivity contribution >= 4 is 46.4 Å². The van der Waals surface area contributed by atoms with Gasteiger partial charge in [-0.2, -0.15) is 4.98 Å². The number of carbonyl (C=O) groups is 2. The summed E-state index contributed by atoms with van der Waals surface area (Å²) in [6.45, 7) is 19.4. The lowest BCUT2D eigenvalue weighted by atomic mass is 9.91. The van der Waals surface area contributed by atoms with Crippen molar-refractivity contribution in [2.45, 2.75) is 66.1 Å². The van der Waals surface area contributed by atoms with E-state index >= 15 is 0 Å². The highest BCUT2D eigenvalue weighted by Gasteiger charge is 2.39. The monoisotopic (exact) mass is 644 g/mol. The molecule has 0 aliphatic carbocycles. The molecule has 1 aliphatic rings. The number of esters is 1. The maximum Gasteiger partial charge on any atom is 0.343 e. The van der Waals surface area contributed by atoms with Crippen molar-refractivity contribution in [3.63, 3.8) is 0 Å². The molecule has 0 atom stereocenters. The number of hydrogen-bond donors (Lipinski definition) is 2. The van der Waals surface area contributed by atoms with Gasteiger partial charge in [-0.05, 0) is 73.0 Å². The van der Waals surface area contributed by atoms with E-state index in [9.17, 15) is 9.59 Å². The average Bonchev–Trinajstić information content (AvgIpc) is 3.25. The summed E-state index contributed by atoms with van der Waals surface area (Å²) in [5.41, 5.74) is 4.51. The number of rotatable bonds is 13. The highest BCUT2D eigenvalue weighted by Crippen LogP contribution is 2.44. The molecule has 4 rings (SSSR count). The van der Waals surface area contributed by atoms with Crippen molar-refractivity contribution in [1.82, 2.24) is 19.9 Å². The zero-order valence-corrected chi connectivity index (χ0v) is 29.3. The number of aromatic nitrogens is 3. The first kappa shape index (κ1) is 35.1. The summed E-state index contributed by atoms with van der Waals surface area (Å²) in [7, 11) is 5.98. The number of fused-ring (bicyclic) bond motifs is 1. The Kier molecular flexibility index (Phi) is 10.7. The largest absolute Gasteiger partial charge is 0.489 e. The van der Waals surface area contributed by atoms with Crippen molar-refractivity contribution in [1.29, 1.82) is 0 Å². The summed E-state index contributed by atoms with van der Waals surface area (Å²) in [5, 5.41) is 6.24. The first-order chi connectivity index (χ1) is 22.1. The van der Waals surface area contributed by atoms with E-state index in [1.807, 2.05) is 65.0 Å². The molecule has 47 heavy (non-hydrogen) atoms. The van der Waals surface area contributed by atoms with Gasteiger partial charge in [0.05, 0.1) is 40.7 Å². The molecule has 1 aliphatic heterocycles. The Morgan fingerprint density at radius 3 is 2.43 bits per heavy atom. The number of carbonyl (C=O) groups excluding carboxylic acids is 2. The Labute approximate surface area is 278 Å². The normalized spacial score (nSPS) is 13.5. The van der Waals surface area contributed by atoms with Gasteiger partial charge in [-0.3, -0.25) is 9.78 Å². The predicted molar refractivity (Wildman–Crippen MR) is 188 cm³/mol. The van der Waals surface area contributed by atoms with Crippen LogP contribution in [0.25, 0.3) is 0 Å². The van der Waals surface area contributed by atoms with E-state index in [0.29, 0.717) is 36.0 Å². The molecule has 1 aromatic carbocycles. The van der Waals surface area contributed by atoms with Gasteiger partial charge in [0.2, 0.25) is 11.9 Å². The van der Waals surface area contributed by atoms with Gasteiger partial charge in [0, 0.05) is 50.1 Å². The summed E-state index contributed by atoms with van der Waals surface area (Å²) in [6, 6.07) is 7.64. The average molecular weight is 645 g/mol. The van der Waals surface area contributed by atoms with Gasteiger partial charge in [0.15, 0.2) is 5.82 Å². The lowest BCUT2D eigenvalue weighted by Gasteiger charge is -2.27. The van der Waals surface area contributed by atoms with Crippen LogP contribution in [0.3, 0.4) is 0 Å². The number of likely N-dealkylation sites (N-methyl/N-ethyl adjacent to an activating group) is 2. The van der Waals surface area contributed by atoms with E-state index in [2.05, 4.69) is 45.8 Å². The summed E-state index contributed by atoms with van der Waals surface area (Å²) in [4.78, 5) is 46.3. The van der Waals surface area contributed by atoms with Crippen LogP contribution in [0.1, 0.15) is 63.3 Å². The number of benzene rings is 1. The molecule has 3 heterocycles. The zero-order valence-electron chi connectivity index (χ0n) is 29.3. The molecule has 1 amide bonds. The Balaban J connectivity index is 1.84. The zero-order chi connectivity index (χ0) is 34.6. The van der Waals surface area contributed by atoms with Crippen LogP contribution in [-0.2, 0) is 14.9 Å². The first-order valence-corrected chi connectivity index (χ1v) is 15.8. The Hall–Kier alpha value is -4.71. The molecule has 0 radical (unpaired) electrons. The fourth-order valence-corrected chi connectivity index (χ4v) is 5.28. The summed E-state index contributed by atoms with van der Waals surface area (Å²) < 4.78 is 11.9. The van der Waals surface area contributed by atoms with Gasteiger partial charge in [-0.25, -0.2) is 9.78 Å². The van der Waals surface area contributed by atoms with Crippen molar-refractivity contribution < 1.29 is 19.1 Å². The highest BCUT2D eigenvalue weighted by molar-refractivity contribution is 6.02. The SMILES string of the molecule is C=CC(=O)Nc1cc(Nc2ncc(C(=O)OC(C)C)c(N3CC(C)(C)c4nc(C)ccc43)n2)c(OC(C)C)cc1N(C)CCN(C)C. The van der Waals surface area contributed by atoms with Gasteiger partial charge in [0.1, 0.15) is 11.3 Å². The van der Waals surface area contributed by atoms with Crippen LogP contribution in [0.5, 0.6) is 5.75 Å². The summed E-state index contributed by atoms with van der Waals surface area (Å²) in [6.07, 6.45) is 2.24. The van der Waals surface area contributed by atoms with Crippen LogP contribution in [0.15, 0.2) is 43.1 Å². The molecule has 252 valence electrons. The molecule has 0 bridgehead atoms. The van der Waals surface area contributed by atoms with Crippen molar-refractivity contribution in [2.75, 3.05) is 61.2 Å². The molecule has 12 heteroatoms. The molecule has 2 N–H and O–H groups in total. The quantitative estimate of drug-likeness (QED) is 0.173. The van der Waals surface area contributed by atoms with E-state index in [0.717, 1.165) is 29.3 Å². The molecule has 0 saturated heterocycles. The molecular weight excluding hydrogens is 596 g/mol. The smallest absolute Gasteiger partial charge is 0.343 e. The second kappa shape index (κ2) is 14.4. The minimum Gasteiger partial charge on any atom is -0.489 e. The summed E-state index contributed by atoms with van der Waals surface area (Å²) >= 11 is 0. The molecule has 0 saturated carbocycles.